The van der Waals surface area contributed by atoms with Crippen molar-refractivity contribution in [1.82, 2.24) is 4.98 Å². The van der Waals surface area contributed by atoms with Crippen LogP contribution < -0.4 is 11.1 Å². The predicted octanol–water partition coefficient (Wildman–Crippen LogP) is 3.66. The molecule has 0 radical (unpaired) electrons. The summed E-state index contributed by atoms with van der Waals surface area (Å²) in [6, 6.07) is 3.23. The number of nitrogens with zero attached hydrogens (tertiary/aromatic N) is 1. The zero-order valence-corrected chi connectivity index (χ0v) is 14.8. The highest BCUT2D eigenvalue weighted by Gasteiger charge is 2.28. The number of hydrogen-bond acceptors (Lipinski definition) is 4. The van der Waals surface area contributed by atoms with Crippen molar-refractivity contribution >= 4 is 39.8 Å². The Morgan fingerprint density at radius 2 is 2.29 bits per heavy atom. The highest BCUT2D eigenvalue weighted by Crippen LogP contribution is 2.40. The third kappa shape index (κ3) is 3.16. The molecule has 126 valence electrons. The standard InChI is InChI=1S/C17H18ClN3O2S/c1-2-9-5-6-10-12(8-9)24-17(13(10)15(19)22)21-16(23)11-4-3-7-20-14(11)18/h3-4,7,9H,2,5-6,8H2,1H3,(H2,19,22)(H,21,23). The molecule has 7 heteroatoms. The van der Waals surface area contributed by atoms with E-state index in [0.717, 1.165) is 36.1 Å². The van der Waals surface area contributed by atoms with Crippen LogP contribution >= 0.6 is 22.9 Å². The van der Waals surface area contributed by atoms with Gasteiger partial charge in [-0.15, -0.1) is 11.3 Å². The first-order valence-corrected chi connectivity index (χ1v) is 9.06. The molecule has 24 heavy (non-hydrogen) atoms. The van der Waals surface area contributed by atoms with Gasteiger partial charge in [0.15, 0.2) is 0 Å². The minimum absolute atomic E-state index is 0.128. The van der Waals surface area contributed by atoms with E-state index in [2.05, 4.69) is 17.2 Å². The Bertz CT molecular complexity index is 803. The van der Waals surface area contributed by atoms with Gasteiger partial charge in [0.2, 0.25) is 0 Å². The lowest BCUT2D eigenvalue weighted by molar-refractivity contribution is 0.1000. The topological polar surface area (TPSA) is 85.1 Å². The van der Waals surface area contributed by atoms with Crippen LogP contribution in [0.5, 0.6) is 0 Å². The fraction of sp³-hybridized carbons (Fsp3) is 0.353. The largest absolute Gasteiger partial charge is 0.365 e. The molecule has 0 saturated heterocycles. The second-order valence-corrected chi connectivity index (χ2v) is 7.35. The van der Waals surface area contributed by atoms with E-state index < -0.39 is 5.91 Å². The number of anilines is 1. The molecule has 0 aliphatic heterocycles. The summed E-state index contributed by atoms with van der Waals surface area (Å²) in [7, 11) is 0. The van der Waals surface area contributed by atoms with Crippen LogP contribution in [0.4, 0.5) is 5.00 Å². The van der Waals surface area contributed by atoms with Gasteiger partial charge in [0.1, 0.15) is 10.2 Å². The molecule has 2 aromatic rings. The lowest BCUT2D eigenvalue weighted by Crippen LogP contribution is -2.20. The number of aromatic nitrogens is 1. The monoisotopic (exact) mass is 363 g/mol. The molecule has 2 amide bonds. The number of rotatable bonds is 4. The fourth-order valence-electron chi connectivity index (χ4n) is 3.08. The maximum absolute atomic E-state index is 12.5. The van der Waals surface area contributed by atoms with Gasteiger partial charge in [0.25, 0.3) is 11.8 Å². The molecule has 1 aliphatic rings. The second kappa shape index (κ2) is 6.91. The molecular formula is C17H18ClN3O2S. The van der Waals surface area contributed by atoms with Crippen LogP contribution in [0.3, 0.4) is 0 Å². The van der Waals surface area contributed by atoms with Crippen LogP contribution in [-0.4, -0.2) is 16.8 Å². The first kappa shape index (κ1) is 16.9. The van der Waals surface area contributed by atoms with Gasteiger partial charge >= 0.3 is 0 Å². The predicted molar refractivity (Wildman–Crippen MR) is 95.8 cm³/mol. The van der Waals surface area contributed by atoms with Crippen LogP contribution in [0.1, 0.15) is 50.9 Å². The summed E-state index contributed by atoms with van der Waals surface area (Å²) in [6.45, 7) is 2.17. The third-order valence-electron chi connectivity index (χ3n) is 4.42. The molecule has 1 atom stereocenters. The maximum atomic E-state index is 12.5. The van der Waals surface area contributed by atoms with Crippen LogP contribution in [0, 0.1) is 5.92 Å². The Hall–Kier alpha value is -1.92. The molecule has 0 spiro atoms. The van der Waals surface area contributed by atoms with E-state index in [1.165, 1.54) is 17.5 Å². The number of thiophene rings is 1. The van der Waals surface area contributed by atoms with E-state index in [1.54, 1.807) is 12.1 Å². The fourth-order valence-corrected chi connectivity index (χ4v) is 4.64. The Kier molecular flexibility index (Phi) is 4.87. The van der Waals surface area contributed by atoms with E-state index in [1.807, 2.05) is 0 Å². The number of carbonyl (C=O) groups excluding carboxylic acids is 2. The van der Waals surface area contributed by atoms with E-state index in [0.29, 0.717) is 16.5 Å². The van der Waals surface area contributed by atoms with E-state index in [9.17, 15) is 9.59 Å². The van der Waals surface area contributed by atoms with Crippen molar-refractivity contribution in [2.75, 3.05) is 5.32 Å². The quantitative estimate of drug-likeness (QED) is 0.813. The molecule has 0 bridgehead atoms. The Balaban J connectivity index is 1.94. The number of amides is 2. The summed E-state index contributed by atoms with van der Waals surface area (Å²) < 4.78 is 0. The van der Waals surface area contributed by atoms with E-state index >= 15 is 0 Å². The number of nitrogens with one attached hydrogen (secondary N) is 1. The summed E-state index contributed by atoms with van der Waals surface area (Å²) in [5, 5.41) is 3.43. The van der Waals surface area contributed by atoms with Crippen molar-refractivity contribution in [2.24, 2.45) is 11.7 Å². The lowest BCUT2D eigenvalue weighted by atomic mass is 9.85. The minimum atomic E-state index is -0.505. The van der Waals surface area contributed by atoms with Gasteiger partial charge in [-0.3, -0.25) is 9.59 Å². The smallest absolute Gasteiger partial charge is 0.259 e. The number of carbonyl (C=O) groups is 2. The molecule has 2 heterocycles. The number of primary amides is 1. The third-order valence-corrected chi connectivity index (χ3v) is 5.89. The molecule has 0 aromatic carbocycles. The summed E-state index contributed by atoms with van der Waals surface area (Å²) in [6.07, 6.45) is 5.42. The van der Waals surface area contributed by atoms with Crippen molar-refractivity contribution in [3.63, 3.8) is 0 Å². The average molecular weight is 364 g/mol. The van der Waals surface area contributed by atoms with Gasteiger partial charge in [0.05, 0.1) is 11.1 Å². The number of halogens is 1. The van der Waals surface area contributed by atoms with Crippen LogP contribution in [0.25, 0.3) is 0 Å². The molecule has 0 saturated carbocycles. The Morgan fingerprint density at radius 1 is 1.50 bits per heavy atom. The van der Waals surface area contributed by atoms with Crippen molar-refractivity contribution in [1.29, 1.82) is 0 Å². The van der Waals surface area contributed by atoms with E-state index in [4.69, 9.17) is 17.3 Å². The zero-order chi connectivity index (χ0) is 17.3. The normalized spacial score (nSPS) is 16.5. The number of nitrogens with two attached hydrogens (primary N) is 1. The van der Waals surface area contributed by atoms with E-state index in [-0.39, 0.29) is 16.6 Å². The van der Waals surface area contributed by atoms with Crippen LogP contribution in [-0.2, 0) is 12.8 Å². The number of fused-ring (bicyclic) bond motifs is 1. The van der Waals surface area contributed by atoms with Crippen molar-refractivity contribution in [3.05, 3.63) is 45.1 Å². The van der Waals surface area contributed by atoms with Gasteiger partial charge in [0, 0.05) is 11.1 Å². The summed E-state index contributed by atoms with van der Waals surface area (Å²) in [5.41, 5.74) is 7.28. The first-order chi connectivity index (χ1) is 11.5. The SMILES string of the molecule is CCC1CCc2c(sc(NC(=O)c3cccnc3Cl)c2C(N)=O)C1. The maximum Gasteiger partial charge on any atom is 0.259 e. The second-order valence-electron chi connectivity index (χ2n) is 5.89. The van der Waals surface area contributed by atoms with Gasteiger partial charge in [-0.05, 0) is 42.9 Å². The molecule has 5 nitrogen and oxygen atoms in total. The molecule has 0 fully saturated rings. The summed E-state index contributed by atoms with van der Waals surface area (Å²) in [4.78, 5) is 29.4. The van der Waals surface area contributed by atoms with Gasteiger partial charge in [-0.25, -0.2) is 4.98 Å². The van der Waals surface area contributed by atoms with Gasteiger partial charge in [-0.1, -0.05) is 24.9 Å². The van der Waals surface area contributed by atoms with Crippen molar-refractivity contribution < 1.29 is 9.59 Å². The average Bonchev–Trinajstić information content (AvgIpc) is 2.91. The molecule has 1 aliphatic carbocycles. The Morgan fingerprint density at radius 3 is 2.96 bits per heavy atom. The highest BCUT2D eigenvalue weighted by atomic mass is 35.5. The molecular weight excluding hydrogens is 346 g/mol. The van der Waals surface area contributed by atoms with Gasteiger partial charge in [-0.2, -0.15) is 0 Å². The van der Waals surface area contributed by atoms with Crippen LogP contribution in [0.15, 0.2) is 18.3 Å². The van der Waals surface area contributed by atoms with Gasteiger partial charge < -0.3 is 11.1 Å². The minimum Gasteiger partial charge on any atom is -0.365 e. The molecule has 3 rings (SSSR count). The van der Waals surface area contributed by atoms with Crippen molar-refractivity contribution in [2.45, 2.75) is 32.6 Å². The summed E-state index contributed by atoms with van der Waals surface area (Å²) in [5.74, 6) is -0.274. The summed E-state index contributed by atoms with van der Waals surface area (Å²) >= 11 is 7.41. The first-order valence-electron chi connectivity index (χ1n) is 7.87. The van der Waals surface area contributed by atoms with Crippen LogP contribution in [0.2, 0.25) is 5.15 Å². The number of pyridine rings is 1. The highest BCUT2D eigenvalue weighted by molar-refractivity contribution is 7.17. The molecule has 2 aromatic heterocycles. The zero-order valence-electron chi connectivity index (χ0n) is 13.3. The molecule has 3 N–H and O–H groups in total. The lowest BCUT2D eigenvalue weighted by Gasteiger charge is -2.20. The number of hydrogen-bond donors (Lipinski definition) is 2. The Labute approximate surface area is 149 Å². The molecule has 1 unspecified atom stereocenters. The van der Waals surface area contributed by atoms with Crippen molar-refractivity contribution in [3.8, 4) is 0 Å².